The SMILES string of the molecule is CCCCCCCCOc1cc(C=O)ccc1OP(O)N(C(C)C)C(C)C. The minimum atomic E-state index is -1.79. The monoisotopic (exact) mass is 397 g/mol. The lowest BCUT2D eigenvalue weighted by atomic mass is 10.1. The molecule has 0 fully saturated rings. The summed E-state index contributed by atoms with van der Waals surface area (Å²) < 4.78 is 13.7. The second-order valence-electron chi connectivity index (χ2n) is 7.35. The van der Waals surface area contributed by atoms with Gasteiger partial charge in [0.15, 0.2) is 11.5 Å². The lowest BCUT2D eigenvalue weighted by molar-refractivity contribution is 0.112. The maximum absolute atomic E-state index is 11.1. The molecule has 0 aromatic heterocycles. The van der Waals surface area contributed by atoms with Crippen molar-refractivity contribution in [3.05, 3.63) is 23.8 Å². The molecule has 154 valence electrons. The van der Waals surface area contributed by atoms with Crippen LogP contribution in [-0.4, -0.2) is 34.5 Å². The molecule has 1 unspecified atom stereocenters. The average molecular weight is 397 g/mol. The van der Waals surface area contributed by atoms with Crippen molar-refractivity contribution in [2.24, 2.45) is 0 Å². The number of hydrogen-bond acceptors (Lipinski definition) is 5. The first-order valence-electron chi connectivity index (χ1n) is 10.1. The Labute approximate surface area is 166 Å². The van der Waals surface area contributed by atoms with Crippen molar-refractivity contribution in [1.82, 2.24) is 4.67 Å². The molecule has 0 saturated heterocycles. The molecule has 1 N–H and O–H groups in total. The summed E-state index contributed by atoms with van der Waals surface area (Å²) in [6.45, 7) is 10.9. The van der Waals surface area contributed by atoms with Gasteiger partial charge in [0.1, 0.15) is 6.29 Å². The highest BCUT2D eigenvalue weighted by atomic mass is 31.2. The molecule has 0 bridgehead atoms. The molecule has 0 saturated carbocycles. The van der Waals surface area contributed by atoms with Crippen LogP contribution in [0.15, 0.2) is 18.2 Å². The molecule has 0 aliphatic carbocycles. The maximum atomic E-state index is 11.1. The number of rotatable bonds is 14. The van der Waals surface area contributed by atoms with E-state index in [0.29, 0.717) is 23.7 Å². The molecule has 0 radical (unpaired) electrons. The molecule has 1 rings (SSSR count). The first-order chi connectivity index (χ1) is 12.9. The van der Waals surface area contributed by atoms with Crippen molar-refractivity contribution in [1.29, 1.82) is 0 Å². The predicted molar refractivity (Wildman–Crippen MR) is 113 cm³/mol. The van der Waals surface area contributed by atoms with Gasteiger partial charge >= 0.3 is 8.53 Å². The van der Waals surface area contributed by atoms with Gasteiger partial charge in [-0.25, -0.2) is 4.67 Å². The van der Waals surface area contributed by atoms with E-state index in [4.69, 9.17) is 9.26 Å². The minimum absolute atomic E-state index is 0.155. The Kier molecular flexibility index (Phi) is 11.6. The summed E-state index contributed by atoms with van der Waals surface area (Å²) in [5, 5.41) is 0. The summed E-state index contributed by atoms with van der Waals surface area (Å²) in [6.07, 6.45) is 7.89. The van der Waals surface area contributed by atoms with E-state index in [9.17, 15) is 9.69 Å². The number of carbonyl (C=O) groups is 1. The topological polar surface area (TPSA) is 59.0 Å². The van der Waals surface area contributed by atoms with Gasteiger partial charge in [-0.05, 0) is 52.3 Å². The summed E-state index contributed by atoms with van der Waals surface area (Å²) in [6, 6.07) is 5.37. The summed E-state index contributed by atoms with van der Waals surface area (Å²) >= 11 is 0. The molecule has 1 aromatic carbocycles. The second kappa shape index (κ2) is 13.1. The molecule has 6 heteroatoms. The highest BCUT2D eigenvalue weighted by molar-refractivity contribution is 7.44. The van der Waals surface area contributed by atoms with E-state index < -0.39 is 8.53 Å². The van der Waals surface area contributed by atoms with E-state index in [1.54, 1.807) is 18.2 Å². The number of nitrogens with zero attached hydrogens (tertiary/aromatic N) is 1. The third kappa shape index (κ3) is 8.59. The van der Waals surface area contributed by atoms with Gasteiger partial charge in [-0.15, -0.1) is 0 Å². The van der Waals surface area contributed by atoms with Gasteiger partial charge in [0, 0.05) is 17.6 Å². The molecular formula is C21H36NO4P. The molecule has 1 atom stereocenters. The van der Waals surface area contributed by atoms with Crippen molar-refractivity contribution < 1.29 is 18.9 Å². The Morgan fingerprint density at radius 2 is 1.67 bits per heavy atom. The quantitative estimate of drug-likeness (QED) is 0.239. The standard InChI is InChI=1S/C21H36NO4P/c1-6-7-8-9-10-11-14-25-21-15-19(16-23)12-13-20(21)26-27(24)22(17(2)3)18(4)5/h12-13,15-18,24H,6-11,14H2,1-5H3. The van der Waals surface area contributed by atoms with Crippen LogP contribution in [0, 0.1) is 0 Å². The van der Waals surface area contributed by atoms with E-state index in [1.165, 1.54) is 25.7 Å². The number of hydrogen-bond donors (Lipinski definition) is 1. The number of aldehydes is 1. The lowest BCUT2D eigenvalue weighted by Crippen LogP contribution is -2.33. The molecule has 0 heterocycles. The molecule has 0 spiro atoms. The Hall–Kier alpha value is -1.16. The summed E-state index contributed by atoms with van der Waals surface area (Å²) in [5.74, 6) is 0.994. The summed E-state index contributed by atoms with van der Waals surface area (Å²) in [7, 11) is -1.79. The normalized spacial score (nSPS) is 12.6. The van der Waals surface area contributed by atoms with Crippen LogP contribution >= 0.6 is 8.53 Å². The number of carbonyl (C=O) groups excluding carboxylic acids is 1. The molecule has 5 nitrogen and oxygen atoms in total. The van der Waals surface area contributed by atoms with Crippen molar-refractivity contribution in [2.75, 3.05) is 6.61 Å². The molecule has 1 aromatic rings. The average Bonchev–Trinajstić information content (AvgIpc) is 2.61. The third-order valence-electron chi connectivity index (χ3n) is 4.30. The van der Waals surface area contributed by atoms with Crippen LogP contribution in [-0.2, 0) is 0 Å². The first-order valence-corrected chi connectivity index (χ1v) is 11.2. The van der Waals surface area contributed by atoms with Crippen LogP contribution in [0.4, 0.5) is 0 Å². The van der Waals surface area contributed by atoms with Crippen LogP contribution in [0.2, 0.25) is 0 Å². The number of benzene rings is 1. The fraction of sp³-hybridized carbons (Fsp3) is 0.667. The maximum Gasteiger partial charge on any atom is 0.318 e. The lowest BCUT2D eigenvalue weighted by Gasteiger charge is -2.32. The summed E-state index contributed by atoms with van der Waals surface area (Å²) in [5.41, 5.74) is 0.534. The van der Waals surface area contributed by atoms with Gasteiger partial charge in [0.2, 0.25) is 0 Å². The van der Waals surface area contributed by atoms with Crippen LogP contribution in [0.25, 0.3) is 0 Å². The predicted octanol–water partition coefficient (Wildman–Crippen LogP) is 5.96. The van der Waals surface area contributed by atoms with Crippen LogP contribution in [0.5, 0.6) is 11.5 Å². The van der Waals surface area contributed by atoms with Gasteiger partial charge in [0.25, 0.3) is 0 Å². The molecule has 0 amide bonds. The van der Waals surface area contributed by atoms with Crippen LogP contribution in [0.3, 0.4) is 0 Å². The van der Waals surface area contributed by atoms with E-state index in [-0.39, 0.29) is 12.1 Å². The smallest absolute Gasteiger partial charge is 0.318 e. The number of ether oxygens (including phenoxy) is 1. The Balaban J connectivity index is 2.72. The van der Waals surface area contributed by atoms with Crippen molar-refractivity contribution >= 4 is 14.8 Å². The Morgan fingerprint density at radius 1 is 1.04 bits per heavy atom. The van der Waals surface area contributed by atoms with Crippen LogP contribution < -0.4 is 9.26 Å². The third-order valence-corrected chi connectivity index (χ3v) is 5.97. The highest BCUT2D eigenvalue weighted by Gasteiger charge is 2.26. The number of unbranched alkanes of at least 4 members (excludes halogenated alkanes) is 5. The zero-order chi connectivity index (χ0) is 20.2. The molecular weight excluding hydrogens is 361 g/mol. The molecule has 0 aliphatic heterocycles. The van der Waals surface area contributed by atoms with Gasteiger partial charge in [-0.2, -0.15) is 0 Å². The van der Waals surface area contributed by atoms with Gasteiger partial charge in [0.05, 0.1) is 6.61 Å². The van der Waals surface area contributed by atoms with Crippen molar-refractivity contribution in [2.45, 2.75) is 85.2 Å². The largest absolute Gasteiger partial charge is 0.490 e. The van der Waals surface area contributed by atoms with Gasteiger partial charge in [-0.1, -0.05) is 39.0 Å². The zero-order valence-corrected chi connectivity index (χ0v) is 18.4. The minimum Gasteiger partial charge on any atom is -0.490 e. The van der Waals surface area contributed by atoms with E-state index in [2.05, 4.69) is 6.92 Å². The molecule has 0 aliphatic rings. The van der Waals surface area contributed by atoms with Gasteiger partial charge in [-0.3, -0.25) is 4.79 Å². The van der Waals surface area contributed by atoms with E-state index in [1.807, 2.05) is 32.4 Å². The summed E-state index contributed by atoms with van der Waals surface area (Å²) in [4.78, 5) is 21.7. The highest BCUT2D eigenvalue weighted by Crippen LogP contribution is 2.44. The Morgan fingerprint density at radius 3 is 2.26 bits per heavy atom. The fourth-order valence-electron chi connectivity index (χ4n) is 2.98. The fourth-order valence-corrected chi connectivity index (χ4v) is 4.19. The van der Waals surface area contributed by atoms with Gasteiger partial charge < -0.3 is 14.2 Å². The zero-order valence-electron chi connectivity index (χ0n) is 17.5. The van der Waals surface area contributed by atoms with Crippen LogP contribution in [0.1, 0.15) is 83.5 Å². The van der Waals surface area contributed by atoms with Crippen molar-refractivity contribution in [3.8, 4) is 11.5 Å². The Bertz CT molecular complexity index is 543. The first kappa shape index (κ1) is 23.9. The second-order valence-corrected chi connectivity index (χ2v) is 8.50. The van der Waals surface area contributed by atoms with Crippen molar-refractivity contribution in [3.63, 3.8) is 0 Å². The van der Waals surface area contributed by atoms with E-state index >= 15 is 0 Å². The van der Waals surface area contributed by atoms with E-state index in [0.717, 1.165) is 19.1 Å². The molecule has 27 heavy (non-hydrogen) atoms.